The molecule has 25 heavy (non-hydrogen) atoms. The lowest BCUT2D eigenvalue weighted by Crippen LogP contribution is -2.35. The average molecular weight is 339 g/mol. The lowest BCUT2D eigenvalue weighted by Gasteiger charge is -2.13. The maximum absolute atomic E-state index is 12.2. The summed E-state index contributed by atoms with van der Waals surface area (Å²) in [7, 11) is 0. The van der Waals surface area contributed by atoms with Crippen LogP contribution in [-0.2, 0) is 0 Å². The van der Waals surface area contributed by atoms with Crippen molar-refractivity contribution in [3.8, 4) is 11.6 Å². The van der Waals surface area contributed by atoms with Crippen LogP contribution in [0.4, 0.5) is 0 Å². The molecule has 0 aliphatic heterocycles. The molecule has 0 unspecified atom stereocenters. The van der Waals surface area contributed by atoms with Crippen molar-refractivity contribution >= 4 is 5.91 Å². The molecule has 1 aromatic carbocycles. The fourth-order valence-corrected chi connectivity index (χ4v) is 2.09. The standard InChI is InChI=1S/C17H17N5O3/c23-14(10-25-15-4-2-1-3-5-15)9-20-17(24)13-6-7-19-16(8-13)22-12-18-11-21-22/h1-8,11-12,14,23H,9-10H2,(H,20,24)/t14-/m1/s1. The summed E-state index contributed by atoms with van der Waals surface area (Å²) in [5.41, 5.74) is 0.414. The van der Waals surface area contributed by atoms with E-state index in [2.05, 4.69) is 20.4 Å². The van der Waals surface area contributed by atoms with Gasteiger partial charge in [0.05, 0.1) is 0 Å². The van der Waals surface area contributed by atoms with Gasteiger partial charge in [-0.25, -0.2) is 14.6 Å². The van der Waals surface area contributed by atoms with E-state index in [1.54, 1.807) is 24.3 Å². The maximum Gasteiger partial charge on any atom is 0.251 e. The van der Waals surface area contributed by atoms with E-state index in [0.717, 1.165) is 0 Å². The number of benzene rings is 1. The molecule has 8 heteroatoms. The number of pyridine rings is 1. The summed E-state index contributed by atoms with van der Waals surface area (Å²) in [4.78, 5) is 20.2. The molecular weight excluding hydrogens is 322 g/mol. The summed E-state index contributed by atoms with van der Waals surface area (Å²) in [5, 5.41) is 16.6. The number of nitrogens with zero attached hydrogens (tertiary/aromatic N) is 4. The minimum absolute atomic E-state index is 0.0760. The molecule has 0 aliphatic carbocycles. The number of carbonyl (C=O) groups excluding carboxylic acids is 1. The molecular formula is C17H17N5O3. The molecule has 0 saturated carbocycles. The smallest absolute Gasteiger partial charge is 0.251 e. The van der Waals surface area contributed by atoms with E-state index in [4.69, 9.17) is 4.74 Å². The van der Waals surface area contributed by atoms with Gasteiger partial charge in [-0.15, -0.1) is 0 Å². The number of aliphatic hydroxyl groups excluding tert-OH is 1. The molecule has 0 saturated heterocycles. The SMILES string of the molecule is O=C(NC[C@@H](O)COc1ccccc1)c1ccnc(-n2cncn2)c1. The van der Waals surface area contributed by atoms with Crippen molar-refractivity contribution in [2.45, 2.75) is 6.10 Å². The Morgan fingerprint density at radius 1 is 1.28 bits per heavy atom. The Morgan fingerprint density at radius 3 is 2.88 bits per heavy atom. The Bertz CT molecular complexity index is 808. The second-order valence-electron chi connectivity index (χ2n) is 5.23. The van der Waals surface area contributed by atoms with Gasteiger partial charge in [0.2, 0.25) is 0 Å². The van der Waals surface area contributed by atoms with Crippen LogP contribution in [0.2, 0.25) is 0 Å². The van der Waals surface area contributed by atoms with E-state index in [0.29, 0.717) is 17.1 Å². The largest absolute Gasteiger partial charge is 0.491 e. The fraction of sp³-hybridized carbons (Fsp3) is 0.176. The van der Waals surface area contributed by atoms with E-state index in [9.17, 15) is 9.90 Å². The minimum Gasteiger partial charge on any atom is -0.491 e. The number of ether oxygens (including phenoxy) is 1. The summed E-state index contributed by atoms with van der Waals surface area (Å²) >= 11 is 0. The van der Waals surface area contributed by atoms with Gasteiger partial charge in [-0.3, -0.25) is 4.79 Å². The van der Waals surface area contributed by atoms with E-state index in [1.165, 1.54) is 23.5 Å². The Balaban J connectivity index is 1.51. The van der Waals surface area contributed by atoms with Crippen LogP contribution in [0.1, 0.15) is 10.4 Å². The van der Waals surface area contributed by atoms with E-state index in [1.807, 2.05) is 18.2 Å². The summed E-state index contributed by atoms with van der Waals surface area (Å²) < 4.78 is 6.90. The van der Waals surface area contributed by atoms with Crippen LogP contribution in [0.15, 0.2) is 61.3 Å². The second-order valence-corrected chi connectivity index (χ2v) is 5.23. The van der Waals surface area contributed by atoms with Crippen LogP contribution in [0, 0.1) is 0 Å². The zero-order chi connectivity index (χ0) is 17.5. The van der Waals surface area contributed by atoms with Crippen LogP contribution in [0.25, 0.3) is 5.82 Å². The zero-order valence-electron chi connectivity index (χ0n) is 13.3. The lowest BCUT2D eigenvalue weighted by molar-refractivity contribution is 0.0843. The van der Waals surface area contributed by atoms with Gasteiger partial charge in [0, 0.05) is 18.3 Å². The molecule has 3 aromatic rings. The van der Waals surface area contributed by atoms with Crippen molar-refractivity contribution in [1.29, 1.82) is 0 Å². The highest BCUT2D eigenvalue weighted by molar-refractivity contribution is 5.94. The molecule has 3 rings (SSSR count). The van der Waals surface area contributed by atoms with Crippen LogP contribution < -0.4 is 10.1 Å². The second kappa shape index (κ2) is 8.02. The van der Waals surface area contributed by atoms with Gasteiger partial charge >= 0.3 is 0 Å². The highest BCUT2D eigenvalue weighted by Crippen LogP contribution is 2.08. The fourth-order valence-electron chi connectivity index (χ4n) is 2.09. The number of rotatable bonds is 7. The van der Waals surface area contributed by atoms with Crippen molar-refractivity contribution in [3.05, 3.63) is 66.9 Å². The van der Waals surface area contributed by atoms with Gasteiger partial charge in [0.25, 0.3) is 5.91 Å². The Labute approximate surface area is 144 Å². The van der Waals surface area contributed by atoms with Crippen molar-refractivity contribution in [3.63, 3.8) is 0 Å². The first kappa shape index (κ1) is 16.6. The molecule has 0 spiro atoms. The summed E-state index contributed by atoms with van der Waals surface area (Å²) in [6.45, 7) is 0.164. The van der Waals surface area contributed by atoms with E-state index in [-0.39, 0.29) is 19.1 Å². The third-order valence-electron chi connectivity index (χ3n) is 3.35. The Hall–Kier alpha value is -3.26. The third-order valence-corrected chi connectivity index (χ3v) is 3.35. The quantitative estimate of drug-likeness (QED) is 0.661. The summed E-state index contributed by atoms with van der Waals surface area (Å²) in [6, 6.07) is 12.4. The molecule has 2 aromatic heterocycles. The van der Waals surface area contributed by atoms with Gasteiger partial charge in [-0.05, 0) is 24.3 Å². The molecule has 2 N–H and O–H groups in total. The van der Waals surface area contributed by atoms with Crippen LogP contribution in [0.3, 0.4) is 0 Å². The molecule has 0 aliphatic rings. The van der Waals surface area contributed by atoms with Crippen molar-refractivity contribution in [2.24, 2.45) is 0 Å². The first-order valence-electron chi connectivity index (χ1n) is 7.67. The number of aliphatic hydroxyl groups is 1. The van der Waals surface area contributed by atoms with E-state index < -0.39 is 6.10 Å². The first-order valence-corrected chi connectivity index (χ1v) is 7.67. The van der Waals surface area contributed by atoms with Crippen LogP contribution in [0.5, 0.6) is 5.75 Å². The molecule has 0 bridgehead atoms. The highest BCUT2D eigenvalue weighted by Gasteiger charge is 2.11. The monoisotopic (exact) mass is 339 g/mol. The van der Waals surface area contributed by atoms with Gasteiger partial charge in [0.1, 0.15) is 31.1 Å². The van der Waals surface area contributed by atoms with Crippen molar-refractivity contribution in [1.82, 2.24) is 25.1 Å². The van der Waals surface area contributed by atoms with Crippen LogP contribution in [-0.4, -0.2) is 50.0 Å². The number of amides is 1. The van der Waals surface area contributed by atoms with Gasteiger partial charge in [-0.2, -0.15) is 5.10 Å². The molecule has 128 valence electrons. The number of hydrogen-bond acceptors (Lipinski definition) is 6. The number of para-hydroxylation sites is 1. The maximum atomic E-state index is 12.2. The number of nitrogens with one attached hydrogen (secondary N) is 1. The van der Waals surface area contributed by atoms with E-state index >= 15 is 0 Å². The highest BCUT2D eigenvalue weighted by atomic mass is 16.5. The van der Waals surface area contributed by atoms with Crippen molar-refractivity contribution < 1.29 is 14.6 Å². The predicted octanol–water partition coefficient (Wildman–Crippen LogP) is 0.832. The number of carbonyl (C=O) groups is 1. The molecule has 2 heterocycles. The third kappa shape index (κ3) is 4.61. The van der Waals surface area contributed by atoms with Crippen molar-refractivity contribution in [2.75, 3.05) is 13.2 Å². The Kier molecular flexibility index (Phi) is 5.32. The molecule has 8 nitrogen and oxygen atoms in total. The molecule has 1 atom stereocenters. The first-order chi connectivity index (χ1) is 12.2. The Morgan fingerprint density at radius 2 is 2.12 bits per heavy atom. The normalized spacial score (nSPS) is 11.7. The minimum atomic E-state index is -0.819. The topological polar surface area (TPSA) is 102 Å². The zero-order valence-corrected chi connectivity index (χ0v) is 13.3. The molecule has 0 fully saturated rings. The van der Waals surface area contributed by atoms with Gasteiger partial charge in [0.15, 0.2) is 5.82 Å². The number of hydrogen-bond donors (Lipinski definition) is 2. The van der Waals surface area contributed by atoms with Crippen LogP contribution >= 0.6 is 0 Å². The number of aromatic nitrogens is 4. The summed E-state index contributed by atoms with van der Waals surface area (Å²) in [6.07, 6.45) is 3.58. The lowest BCUT2D eigenvalue weighted by atomic mass is 10.2. The molecule has 0 radical (unpaired) electrons. The molecule has 1 amide bonds. The predicted molar refractivity (Wildman–Crippen MR) is 89.4 cm³/mol. The van der Waals surface area contributed by atoms with Gasteiger partial charge < -0.3 is 15.2 Å². The summed E-state index contributed by atoms with van der Waals surface area (Å²) in [5.74, 6) is 0.833. The van der Waals surface area contributed by atoms with Gasteiger partial charge in [-0.1, -0.05) is 18.2 Å². The average Bonchev–Trinajstić information content (AvgIpc) is 3.20.